The molecule has 1 unspecified atom stereocenters. The smallest absolute Gasteiger partial charge is 0.156 e. The average molecular weight is 266 g/mol. The van der Waals surface area contributed by atoms with E-state index in [2.05, 4.69) is 25.5 Å². The Morgan fingerprint density at radius 3 is 2.89 bits per heavy atom. The van der Waals surface area contributed by atoms with E-state index >= 15 is 0 Å². The van der Waals surface area contributed by atoms with Crippen molar-refractivity contribution in [3.63, 3.8) is 0 Å². The lowest BCUT2D eigenvalue weighted by atomic mass is 10.2. The van der Waals surface area contributed by atoms with Crippen LogP contribution in [-0.2, 0) is 0 Å². The van der Waals surface area contributed by atoms with E-state index in [9.17, 15) is 4.79 Å². The van der Waals surface area contributed by atoms with Crippen molar-refractivity contribution in [2.75, 3.05) is 5.32 Å². The predicted octanol–water partition coefficient (Wildman–Crippen LogP) is 2.15. The van der Waals surface area contributed by atoms with Crippen LogP contribution >= 0.6 is 11.6 Å². The zero-order valence-electron chi connectivity index (χ0n) is 9.94. The van der Waals surface area contributed by atoms with Crippen molar-refractivity contribution >= 4 is 23.7 Å². The first-order chi connectivity index (χ1) is 8.61. The second-order valence-electron chi connectivity index (χ2n) is 3.84. The van der Waals surface area contributed by atoms with E-state index in [-0.39, 0.29) is 16.8 Å². The third kappa shape index (κ3) is 2.48. The van der Waals surface area contributed by atoms with Crippen molar-refractivity contribution in [3.8, 4) is 0 Å². The molecule has 2 aromatic rings. The van der Waals surface area contributed by atoms with Crippen LogP contribution in [0.25, 0.3) is 0 Å². The van der Waals surface area contributed by atoms with Crippen LogP contribution in [0.4, 0.5) is 5.82 Å². The Balaban J connectivity index is 2.31. The van der Waals surface area contributed by atoms with Gasteiger partial charge in [-0.05, 0) is 13.8 Å². The number of aromatic amines is 1. The Bertz CT molecular complexity index is 555. The second-order valence-corrected chi connectivity index (χ2v) is 4.20. The first kappa shape index (κ1) is 12.5. The van der Waals surface area contributed by atoms with E-state index in [0.717, 1.165) is 5.56 Å². The predicted molar refractivity (Wildman–Crippen MR) is 67.8 cm³/mol. The molecule has 0 aliphatic rings. The minimum absolute atomic E-state index is 0.0483. The number of halogens is 1. The molecule has 0 fully saturated rings. The number of carbonyl (C=O) groups is 1. The zero-order valence-corrected chi connectivity index (χ0v) is 10.7. The first-order valence-electron chi connectivity index (χ1n) is 5.36. The van der Waals surface area contributed by atoms with Crippen molar-refractivity contribution < 1.29 is 4.79 Å². The maximum atomic E-state index is 11.0. The maximum absolute atomic E-state index is 11.0. The summed E-state index contributed by atoms with van der Waals surface area (Å²) in [5.41, 5.74) is 1.22. The van der Waals surface area contributed by atoms with Crippen LogP contribution in [0.5, 0.6) is 0 Å². The molecule has 0 spiro atoms. The standard InChI is InChI=1S/C11H12ClN5O/c1-6(8-3-13-14-4-8)15-11-9(5-18)10(12)16-7(2)17-11/h3-6H,1-2H3,(H,13,14)(H,15,16,17). The van der Waals surface area contributed by atoms with Crippen molar-refractivity contribution in [1.29, 1.82) is 0 Å². The van der Waals surface area contributed by atoms with Crippen molar-refractivity contribution in [3.05, 3.63) is 34.5 Å². The van der Waals surface area contributed by atoms with Gasteiger partial charge in [-0.15, -0.1) is 0 Å². The molecule has 2 rings (SSSR count). The molecule has 6 nitrogen and oxygen atoms in total. The summed E-state index contributed by atoms with van der Waals surface area (Å²) in [5, 5.41) is 9.87. The molecule has 18 heavy (non-hydrogen) atoms. The van der Waals surface area contributed by atoms with E-state index in [1.807, 2.05) is 6.92 Å². The summed E-state index contributed by atoms with van der Waals surface area (Å²) in [6, 6.07) is -0.0483. The quantitative estimate of drug-likeness (QED) is 0.654. The Morgan fingerprint density at radius 1 is 1.50 bits per heavy atom. The average Bonchev–Trinajstić information content (AvgIpc) is 2.81. The van der Waals surface area contributed by atoms with Gasteiger partial charge in [-0.1, -0.05) is 11.6 Å². The summed E-state index contributed by atoms with van der Waals surface area (Å²) in [5.74, 6) is 0.934. The van der Waals surface area contributed by atoms with Crippen molar-refractivity contribution in [2.45, 2.75) is 19.9 Å². The molecule has 2 heterocycles. The first-order valence-corrected chi connectivity index (χ1v) is 5.74. The highest BCUT2D eigenvalue weighted by Gasteiger charge is 2.14. The van der Waals surface area contributed by atoms with Crippen LogP contribution < -0.4 is 5.32 Å². The Hall–Kier alpha value is -1.95. The lowest BCUT2D eigenvalue weighted by Gasteiger charge is -2.14. The molecular weight excluding hydrogens is 254 g/mol. The Labute approximate surface area is 109 Å². The third-order valence-corrected chi connectivity index (χ3v) is 2.79. The molecule has 0 saturated heterocycles. The second kappa shape index (κ2) is 5.14. The summed E-state index contributed by atoms with van der Waals surface area (Å²) in [7, 11) is 0. The fourth-order valence-electron chi connectivity index (χ4n) is 1.55. The zero-order chi connectivity index (χ0) is 13.1. The monoisotopic (exact) mass is 265 g/mol. The van der Waals surface area contributed by atoms with Crippen LogP contribution in [0.15, 0.2) is 12.4 Å². The summed E-state index contributed by atoms with van der Waals surface area (Å²) in [6.45, 7) is 3.65. The molecule has 7 heteroatoms. The largest absolute Gasteiger partial charge is 0.363 e. The van der Waals surface area contributed by atoms with Crippen molar-refractivity contribution in [2.24, 2.45) is 0 Å². The lowest BCUT2D eigenvalue weighted by Crippen LogP contribution is -2.11. The fourth-order valence-corrected chi connectivity index (χ4v) is 1.80. The van der Waals surface area contributed by atoms with Gasteiger partial charge >= 0.3 is 0 Å². The number of aldehydes is 1. The number of hydrogen-bond donors (Lipinski definition) is 2. The Kier molecular flexibility index (Phi) is 3.57. The van der Waals surface area contributed by atoms with Gasteiger partial charge in [0.15, 0.2) is 6.29 Å². The molecule has 94 valence electrons. The molecule has 1 atom stereocenters. The van der Waals surface area contributed by atoms with Crippen LogP contribution in [0.3, 0.4) is 0 Å². The van der Waals surface area contributed by atoms with E-state index in [1.165, 1.54) is 0 Å². The number of nitrogens with one attached hydrogen (secondary N) is 2. The number of aryl methyl sites for hydroxylation is 1. The molecule has 0 aliphatic heterocycles. The highest BCUT2D eigenvalue weighted by Crippen LogP contribution is 2.23. The number of carbonyl (C=O) groups excluding carboxylic acids is 1. The number of rotatable bonds is 4. The summed E-state index contributed by atoms with van der Waals surface area (Å²) in [4.78, 5) is 19.1. The number of hydrogen-bond acceptors (Lipinski definition) is 5. The summed E-state index contributed by atoms with van der Waals surface area (Å²) >= 11 is 5.90. The lowest BCUT2D eigenvalue weighted by molar-refractivity contribution is 0.112. The molecule has 2 aromatic heterocycles. The van der Waals surface area contributed by atoms with Crippen LogP contribution in [0, 0.1) is 6.92 Å². The molecule has 2 N–H and O–H groups in total. The normalized spacial score (nSPS) is 12.2. The van der Waals surface area contributed by atoms with Gasteiger partial charge in [0, 0.05) is 11.8 Å². The van der Waals surface area contributed by atoms with E-state index in [4.69, 9.17) is 11.6 Å². The molecule has 0 bridgehead atoms. The highest BCUT2D eigenvalue weighted by atomic mass is 35.5. The maximum Gasteiger partial charge on any atom is 0.156 e. The topological polar surface area (TPSA) is 83.6 Å². The molecule has 0 saturated carbocycles. The van der Waals surface area contributed by atoms with Gasteiger partial charge < -0.3 is 5.32 Å². The molecular formula is C11H12ClN5O. The minimum Gasteiger partial charge on any atom is -0.363 e. The van der Waals surface area contributed by atoms with Crippen LogP contribution in [0.1, 0.15) is 34.7 Å². The molecule has 0 radical (unpaired) electrons. The van der Waals surface area contributed by atoms with E-state index in [1.54, 1.807) is 19.3 Å². The van der Waals surface area contributed by atoms with Gasteiger partial charge in [0.2, 0.25) is 0 Å². The number of H-pyrrole nitrogens is 1. The summed E-state index contributed by atoms with van der Waals surface area (Å²) in [6.07, 6.45) is 4.12. The third-order valence-electron chi connectivity index (χ3n) is 2.50. The molecule has 0 amide bonds. The van der Waals surface area contributed by atoms with Gasteiger partial charge in [-0.2, -0.15) is 5.10 Å². The van der Waals surface area contributed by atoms with Gasteiger partial charge in [0.25, 0.3) is 0 Å². The van der Waals surface area contributed by atoms with Crippen LogP contribution in [0.2, 0.25) is 5.15 Å². The minimum atomic E-state index is -0.0483. The van der Waals surface area contributed by atoms with E-state index in [0.29, 0.717) is 17.9 Å². The highest BCUT2D eigenvalue weighted by molar-refractivity contribution is 6.32. The van der Waals surface area contributed by atoms with Gasteiger partial charge in [0.05, 0.1) is 17.8 Å². The Morgan fingerprint density at radius 2 is 2.28 bits per heavy atom. The van der Waals surface area contributed by atoms with Crippen LogP contribution in [-0.4, -0.2) is 26.5 Å². The fraction of sp³-hybridized carbons (Fsp3) is 0.273. The number of anilines is 1. The summed E-state index contributed by atoms with van der Waals surface area (Å²) < 4.78 is 0. The number of nitrogens with zero attached hydrogens (tertiary/aromatic N) is 3. The number of aromatic nitrogens is 4. The van der Waals surface area contributed by atoms with Gasteiger partial charge in [-0.3, -0.25) is 9.89 Å². The van der Waals surface area contributed by atoms with Gasteiger partial charge in [0.1, 0.15) is 16.8 Å². The molecule has 0 aromatic carbocycles. The SMILES string of the molecule is Cc1nc(Cl)c(C=O)c(NC(C)c2cn[nH]c2)n1. The van der Waals surface area contributed by atoms with E-state index < -0.39 is 0 Å². The molecule has 0 aliphatic carbocycles. The van der Waals surface area contributed by atoms with Gasteiger partial charge in [-0.25, -0.2) is 9.97 Å². The van der Waals surface area contributed by atoms with Crippen molar-refractivity contribution in [1.82, 2.24) is 20.2 Å².